The van der Waals surface area contributed by atoms with E-state index in [1.165, 1.54) is 14.2 Å². The number of aliphatic carboxylic acids is 1. The van der Waals surface area contributed by atoms with Crippen LogP contribution in [0.1, 0.15) is 18.1 Å². The highest BCUT2D eigenvalue weighted by Crippen LogP contribution is 2.41. The molecule has 1 aromatic rings. The maximum atomic E-state index is 11.3. The van der Waals surface area contributed by atoms with Crippen molar-refractivity contribution in [1.82, 2.24) is 0 Å². The number of carboxylic acid groups (broad SMARTS) is 1. The minimum Gasteiger partial charge on any atom is -0.497 e. The maximum Gasteiger partial charge on any atom is 0.311 e. The number of rotatable bonds is 4. The van der Waals surface area contributed by atoms with Gasteiger partial charge in [-0.3, -0.25) is 9.59 Å². The first-order valence-corrected chi connectivity index (χ1v) is 5.71. The Hall–Kier alpha value is -2.24. The van der Waals surface area contributed by atoms with Crippen LogP contribution < -0.4 is 9.47 Å². The van der Waals surface area contributed by atoms with Gasteiger partial charge in [-0.1, -0.05) is 0 Å². The van der Waals surface area contributed by atoms with E-state index in [2.05, 4.69) is 0 Å². The zero-order valence-electron chi connectivity index (χ0n) is 10.6. The van der Waals surface area contributed by atoms with Crippen molar-refractivity contribution in [3.05, 3.63) is 23.8 Å². The fourth-order valence-electron chi connectivity index (χ4n) is 2.12. The molecule has 19 heavy (non-hydrogen) atoms. The molecular weight excluding hydrogens is 252 g/mol. The number of carboxylic acids is 1. The number of hydrogen-bond acceptors (Lipinski definition) is 5. The molecule has 6 nitrogen and oxygen atoms in total. The molecule has 2 rings (SSSR count). The van der Waals surface area contributed by atoms with Gasteiger partial charge in [-0.15, -0.1) is 0 Å². The fraction of sp³-hybridized carbons (Fsp3) is 0.385. The highest BCUT2D eigenvalue weighted by Gasteiger charge is 2.42. The lowest BCUT2D eigenvalue weighted by atomic mass is 9.94. The van der Waals surface area contributed by atoms with Gasteiger partial charge in [0.15, 0.2) is 0 Å². The van der Waals surface area contributed by atoms with E-state index in [0.29, 0.717) is 17.1 Å². The number of cyclic esters (lactones) is 1. The van der Waals surface area contributed by atoms with Crippen molar-refractivity contribution in [3.8, 4) is 11.5 Å². The van der Waals surface area contributed by atoms with E-state index < -0.39 is 24.0 Å². The molecule has 0 spiro atoms. The van der Waals surface area contributed by atoms with Gasteiger partial charge in [0.25, 0.3) is 0 Å². The summed E-state index contributed by atoms with van der Waals surface area (Å²) in [5.74, 6) is -1.49. The highest BCUT2D eigenvalue weighted by molar-refractivity contribution is 5.83. The molecule has 1 N–H and O–H groups in total. The molecule has 0 bridgehead atoms. The second-order valence-corrected chi connectivity index (χ2v) is 4.17. The summed E-state index contributed by atoms with van der Waals surface area (Å²) in [7, 11) is 2.97. The van der Waals surface area contributed by atoms with E-state index in [1.807, 2.05) is 0 Å². The number of esters is 1. The molecule has 1 aromatic carbocycles. The Bertz CT molecular complexity index is 510. The van der Waals surface area contributed by atoms with E-state index in [0.717, 1.165) is 0 Å². The third-order valence-electron chi connectivity index (χ3n) is 3.07. The van der Waals surface area contributed by atoms with Crippen LogP contribution in [0.15, 0.2) is 18.2 Å². The zero-order valence-corrected chi connectivity index (χ0v) is 10.6. The molecule has 0 aliphatic carbocycles. The molecule has 1 aliphatic rings. The lowest BCUT2D eigenvalue weighted by molar-refractivity contribution is -0.144. The average molecular weight is 266 g/mol. The van der Waals surface area contributed by atoms with Crippen LogP contribution in [0.5, 0.6) is 11.5 Å². The number of ether oxygens (including phenoxy) is 3. The third kappa shape index (κ3) is 2.47. The summed E-state index contributed by atoms with van der Waals surface area (Å²) in [6.45, 7) is 0. The standard InChI is InChI=1S/C13H14O6/c1-17-7-3-4-10(18-2)8(5-7)12-9(13(15)16)6-11(14)19-12/h3-5,9,12H,6H2,1-2H3,(H,15,16)/t9-,12+/m0/s1. The quantitative estimate of drug-likeness (QED) is 0.829. The first kappa shape index (κ1) is 13.2. The predicted octanol–water partition coefficient (Wildman–Crippen LogP) is 1.39. The molecule has 1 saturated heterocycles. The largest absolute Gasteiger partial charge is 0.497 e. The number of benzene rings is 1. The molecule has 0 amide bonds. The Morgan fingerprint density at radius 1 is 1.37 bits per heavy atom. The topological polar surface area (TPSA) is 82.1 Å². The van der Waals surface area contributed by atoms with Crippen molar-refractivity contribution in [3.63, 3.8) is 0 Å². The van der Waals surface area contributed by atoms with Crippen molar-refractivity contribution >= 4 is 11.9 Å². The van der Waals surface area contributed by atoms with E-state index >= 15 is 0 Å². The summed E-state index contributed by atoms with van der Waals surface area (Å²) in [5.41, 5.74) is 0.500. The predicted molar refractivity (Wildman–Crippen MR) is 64.1 cm³/mol. The van der Waals surface area contributed by atoms with Crippen LogP contribution in [0.3, 0.4) is 0 Å². The molecule has 0 aromatic heterocycles. The molecule has 0 radical (unpaired) electrons. The Labute approximate surface area is 109 Å². The second-order valence-electron chi connectivity index (χ2n) is 4.17. The van der Waals surface area contributed by atoms with Gasteiger partial charge in [0.1, 0.15) is 23.5 Å². The van der Waals surface area contributed by atoms with Gasteiger partial charge in [-0.2, -0.15) is 0 Å². The van der Waals surface area contributed by atoms with Gasteiger partial charge in [-0.05, 0) is 18.2 Å². The Kier molecular flexibility index (Phi) is 3.59. The smallest absolute Gasteiger partial charge is 0.311 e. The number of carbonyl (C=O) groups excluding carboxylic acids is 1. The van der Waals surface area contributed by atoms with Gasteiger partial charge in [0, 0.05) is 5.56 Å². The van der Waals surface area contributed by atoms with Gasteiger partial charge >= 0.3 is 11.9 Å². The van der Waals surface area contributed by atoms with Crippen LogP contribution in [-0.2, 0) is 14.3 Å². The normalized spacial score (nSPS) is 21.9. The van der Waals surface area contributed by atoms with E-state index in [1.54, 1.807) is 18.2 Å². The lowest BCUT2D eigenvalue weighted by Crippen LogP contribution is -2.18. The van der Waals surface area contributed by atoms with Crippen LogP contribution in [0, 0.1) is 5.92 Å². The van der Waals surface area contributed by atoms with Crippen molar-refractivity contribution in [2.45, 2.75) is 12.5 Å². The molecule has 1 aliphatic heterocycles. The Balaban J connectivity index is 2.43. The number of methoxy groups -OCH3 is 2. The van der Waals surface area contributed by atoms with Crippen LogP contribution in [0.25, 0.3) is 0 Å². The summed E-state index contributed by atoms with van der Waals surface area (Å²) in [4.78, 5) is 22.5. The van der Waals surface area contributed by atoms with Crippen molar-refractivity contribution in [2.24, 2.45) is 5.92 Å². The molecule has 6 heteroatoms. The Morgan fingerprint density at radius 2 is 2.11 bits per heavy atom. The molecule has 1 heterocycles. The average Bonchev–Trinajstić information content (AvgIpc) is 2.80. The van der Waals surface area contributed by atoms with Crippen molar-refractivity contribution < 1.29 is 28.9 Å². The van der Waals surface area contributed by atoms with Crippen LogP contribution in [-0.4, -0.2) is 31.3 Å². The minimum absolute atomic E-state index is 0.139. The van der Waals surface area contributed by atoms with Crippen LogP contribution in [0.4, 0.5) is 0 Å². The van der Waals surface area contributed by atoms with Crippen LogP contribution >= 0.6 is 0 Å². The SMILES string of the molecule is COc1ccc(OC)c([C@H]2OC(=O)C[C@@H]2C(=O)O)c1. The fourth-order valence-corrected chi connectivity index (χ4v) is 2.12. The summed E-state index contributed by atoms with van der Waals surface area (Å²) in [5, 5.41) is 9.15. The number of hydrogen-bond donors (Lipinski definition) is 1. The van der Waals surface area contributed by atoms with Crippen molar-refractivity contribution in [2.75, 3.05) is 14.2 Å². The second kappa shape index (κ2) is 5.17. The van der Waals surface area contributed by atoms with E-state index in [4.69, 9.17) is 19.3 Å². The van der Waals surface area contributed by atoms with Crippen LogP contribution in [0.2, 0.25) is 0 Å². The summed E-state index contributed by atoms with van der Waals surface area (Å²) in [6.07, 6.45) is -0.990. The molecule has 1 fully saturated rings. The number of carbonyl (C=O) groups is 2. The summed E-state index contributed by atoms with van der Waals surface area (Å²) in [6, 6.07) is 4.96. The molecule has 0 saturated carbocycles. The maximum absolute atomic E-state index is 11.3. The third-order valence-corrected chi connectivity index (χ3v) is 3.07. The summed E-state index contributed by atoms with van der Waals surface area (Å²) < 4.78 is 15.4. The highest BCUT2D eigenvalue weighted by atomic mass is 16.6. The minimum atomic E-state index is -1.07. The zero-order chi connectivity index (χ0) is 14.0. The van der Waals surface area contributed by atoms with Gasteiger partial charge in [0.2, 0.25) is 0 Å². The van der Waals surface area contributed by atoms with E-state index in [-0.39, 0.29) is 6.42 Å². The van der Waals surface area contributed by atoms with Gasteiger partial charge in [0.05, 0.1) is 20.6 Å². The van der Waals surface area contributed by atoms with Gasteiger partial charge in [-0.25, -0.2) is 0 Å². The van der Waals surface area contributed by atoms with Gasteiger partial charge < -0.3 is 19.3 Å². The molecular formula is C13H14O6. The molecule has 102 valence electrons. The summed E-state index contributed by atoms with van der Waals surface area (Å²) >= 11 is 0. The van der Waals surface area contributed by atoms with E-state index in [9.17, 15) is 9.59 Å². The first-order chi connectivity index (χ1) is 9.06. The molecule has 2 atom stereocenters. The molecule has 0 unspecified atom stereocenters. The first-order valence-electron chi connectivity index (χ1n) is 5.71. The monoisotopic (exact) mass is 266 g/mol. The van der Waals surface area contributed by atoms with Crippen molar-refractivity contribution in [1.29, 1.82) is 0 Å². The lowest BCUT2D eigenvalue weighted by Gasteiger charge is -2.18. The Morgan fingerprint density at radius 3 is 2.68 bits per heavy atom.